The molecule has 130 valence electrons. The smallest absolute Gasteiger partial charge is 0.430 e. The number of benzene rings is 1. The first-order valence-electron chi connectivity index (χ1n) is 8.58. The lowest BCUT2D eigenvalue weighted by Gasteiger charge is -2.36. The molecule has 0 amide bonds. The minimum atomic E-state index is -0.534. The van der Waals surface area contributed by atoms with E-state index in [2.05, 4.69) is 33.9 Å². The predicted molar refractivity (Wildman–Crippen MR) is 91.9 cm³/mol. The zero-order valence-corrected chi connectivity index (χ0v) is 14.3. The van der Waals surface area contributed by atoms with Gasteiger partial charge in [-0.15, -0.1) is 0 Å². The van der Waals surface area contributed by atoms with Gasteiger partial charge in [0.25, 0.3) is 0 Å². The molecule has 2 aliphatic heterocycles. The molecule has 0 atom stereocenters. The van der Waals surface area contributed by atoms with Gasteiger partial charge in [0.1, 0.15) is 6.61 Å². The van der Waals surface area contributed by atoms with Crippen molar-refractivity contribution in [1.29, 1.82) is 0 Å². The lowest BCUT2D eigenvalue weighted by atomic mass is 9.92. The van der Waals surface area contributed by atoms with E-state index in [9.17, 15) is 4.79 Å². The van der Waals surface area contributed by atoms with Gasteiger partial charge in [-0.2, -0.15) is 0 Å². The average molecular weight is 339 g/mol. The Kier molecular flexibility index (Phi) is 4.13. The molecule has 0 bridgehead atoms. The molecule has 2 saturated heterocycles. The number of aromatic nitrogens is 2. The standard InChI is InChI=1S/C19H21N3O3/c1-14-3-2-4-16(9-14)17-20-10-15(11-21-17)12-22-7-5-19(6-8-22)13-24-18(23)25-19/h2-4,9-11H,5-8,12-13H2,1H3. The monoisotopic (exact) mass is 339 g/mol. The van der Waals surface area contributed by atoms with E-state index in [1.54, 1.807) is 0 Å². The maximum absolute atomic E-state index is 11.2. The summed E-state index contributed by atoms with van der Waals surface area (Å²) in [4.78, 5) is 22.5. The highest BCUT2D eigenvalue weighted by Crippen LogP contribution is 2.32. The van der Waals surface area contributed by atoms with E-state index >= 15 is 0 Å². The molecule has 2 aromatic rings. The van der Waals surface area contributed by atoms with Crippen molar-refractivity contribution >= 4 is 6.16 Å². The number of piperidine rings is 1. The van der Waals surface area contributed by atoms with E-state index in [1.165, 1.54) is 5.56 Å². The molecule has 6 heteroatoms. The van der Waals surface area contributed by atoms with Crippen LogP contribution in [0.5, 0.6) is 0 Å². The first kappa shape index (κ1) is 16.0. The third-order valence-corrected chi connectivity index (χ3v) is 4.91. The van der Waals surface area contributed by atoms with Crippen LogP contribution < -0.4 is 0 Å². The zero-order chi connectivity index (χ0) is 17.3. The van der Waals surface area contributed by atoms with Gasteiger partial charge in [-0.25, -0.2) is 14.8 Å². The van der Waals surface area contributed by atoms with Crippen LogP contribution in [0.3, 0.4) is 0 Å². The summed E-state index contributed by atoms with van der Waals surface area (Å²) in [5, 5.41) is 0. The van der Waals surface area contributed by atoms with E-state index < -0.39 is 11.8 Å². The van der Waals surface area contributed by atoms with Crippen LogP contribution >= 0.6 is 0 Å². The lowest BCUT2D eigenvalue weighted by molar-refractivity contribution is -0.00166. The van der Waals surface area contributed by atoms with E-state index in [0.29, 0.717) is 6.61 Å². The van der Waals surface area contributed by atoms with Crippen molar-refractivity contribution < 1.29 is 14.3 Å². The maximum atomic E-state index is 11.2. The number of carbonyl (C=O) groups is 1. The highest BCUT2D eigenvalue weighted by atomic mass is 16.8. The van der Waals surface area contributed by atoms with Crippen molar-refractivity contribution in [2.75, 3.05) is 19.7 Å². The largest absolute Gasteiger partial charge is 0.509 e. The van der Waals surface area contributed by atoms with E-state index in [1.807, 2.05) is 24.5 Å². The fraction of sp³-hybridized carbons (Fsp3) is 0.421. The van der Waals surface area contributed by atoms with Crippen molar-refractivity contribution in [3.05, 3.63) is 47.8 Å². The second-order valence-corrected chi connectivity index (χ2v) is 6.88. The number of aryl methyl sites for hydroxylation is 1. The molecule has 1 aromatic carbocycles. The number of hydrogen-bond donors (Lipinski definition) is 0. The van der Waals surface area contributed by atoms with Gasteiger partial charge in [-0.3, -0.25) is 4.90 Å². The number of ether oxygens (including phenoxy) is 2. The molecular formula is C19H21N3O3. The summed E-state index contributed by atoms with van der Waals surface area (Å²) >= 11 is 0. The lowest BCUT2D eigenvalue weighted by Crippen LogP contribution is -2.45. The SMILES string of the molecule is Cc1cccc(-c2ncc(CN3CCC4(CC3)COC(=O)O4)cn2)c1. The molecule has 2 fully saturated rings. The molecule has 0 unspecified atom stereocenters. The summed E-state index contributed by atoms with van der Waals surface area (Å²) in [6, 6.07) is 8.19. The second-order valence-electron chi connectivity index (χ2n) is 6.88. The van der Waals surface area contributed by atoms with Gasteiger partial charge in [-0.1, -0.05) is 23.8 Å². The molecular weight excluding hydrogens is 318 g/mol. The van der Waals surface area contributed by atoms with Gasteiger partial charge >= 0.3 is 6.16 Å². The highest BCUT2D eigenvalue weighted by Gasteiger charge is 2.44. The average Bonchev–Trinajstić information content (AvgIpc) is 2.98. The molecule has 4 rings (SSSR count). The second kappa shape index (κ2) is 6.44. The molecule has 6 nitrogen and oxygen atoms in total. The number of carbonyl (C=O) groups excluding carboxylic acids is 1. The molecule has 0 radical (unpaired) electrons. The van der Waals surface area contributed by atoms with Crippen LogP contribution in [0.4, 0.5) is 4.79 Å². The molecule has 0 saturated carbocycles. The minimum absolute atomic E-state index is 0.383. The Labute approximate surface area is 146 Å². The summed E-state index contributed by atoms with van der Waals surface area (Å²) in [6.07, 6.45) is 4.87. The maximum Gasteiger partial charge on any atom is 0.509 e. The van der Waals surface area contributed by atoms with Gasteiger partial charge in [0, 0.05) is 56.0 Å². The summed E-state index contributed by atoms with van der Waals surface area (Å²) in [5.74, 6) is 0.750. The van der Waals surface area contributed by atoms with Crippen molar-refractivity contribution in [3.63, 3.8) is 0 Å². The van der Waals surface area contributed by atoms with Gasteiger partial charge in [0.2, 0.25) is 0 Å². The number of likely N-dealkylation sites (tertiary alicyclic amines) is 1. The van der Waals surface area contributed by atoms with Crippen LogP contribution in [0.1, 0.15) is 24.0 Å². The number of nitrogens with zero attached hydrogens (tertiary/aromatic N) is 3. The van der Waals surface area contributed by atoms with Gasteiger partial charge in [-0.05, 0) is 13.0 Å². The summed E-state index contributed by atoms with van der Waals surface area (Å²) in [7, 11) is 0. The molecule has 1 aromatic heterocycles. The molecule has 25 heavy (non-hydrogen) atoms. The van der Waals surface area contributed by atoms with E-state index in [4.69, 9.17) is 9.47 Å². The van der Waals surface area contributed by atoms with Crippen LogP contribution in [-0.2, 0) is 16.0 Å². The molecule has 2 aliphatic rings. The summed E-state index contributed by atoms with van der Waals surface area (Å²) in [5.41, 5.74) is 2.92. The van der Waals surface area contributed by atoms with Gasteiger partial charge < -0.3 is 9.47 Å². The molecule has 0 aliphatic carbocycles. The quantitative estimate of drug-likeness (QED) is 0.801. The molecule has 1 spiro atoms. The Hall–Kier alpha value is -2.47. The third kappa shape index (κ3) is 3.49. The van der Waals surface area contributed by atoms with E-state index in [-0.39, 0.29) is 0 Å². The first-order valence-corrected chi connectivity index (χ1v) is 8.58. The Morgan fingerprint density at radius 2 is 1.96 bits per heavy atom. The van der Waals surface area contributed by atoms with Crippen molar-refractivity contribution in [2.24, 2.45) is 0 Å². The fourth-order valence-electron chi connectivity index (χ4n) is 3.42. The van der Waals surface area contributed by atoms with Crippen LogP contribution in [0.25, 0.3) is 11.4 Å². The van der Waals surface area contributed by atoms with Gasteiger partial charge in [0.05, 0.1) is 0 Å². The topological polar surface area (TPSA) is 64.6 Å². The summed E-state index contributed by atoms with van der Waals surface area (Å²) < 4.78 is 10.3. The van der Waals surface area contributed by atoms with E-state index in [0.717, 1.165) is 49.4 Å². The molecule has 0 N–H and O–H groups in total. The summed E-state index contributed by atoms with van der Waals surface area (Å²) in [6.45, 7) is 4.99. The van der Waals surface area contributed by atoms with Crippen molar-refractivity contribution in [1.82, 2.24) is 14.9 Å². The minimum Gasteiger partial charge on any atom is -0.430 e. The van der Waals surface area contributed by atoms with Gasteiger partial charge in [0.15, 0.2) is 11.4 Å². The van der Waals surface area contributed by atoms with Crippen molar-refractivity contribution in [3.8, 4) is 11.4 Å². The number of hydrogen-bond acceptors (Lipinski definition) is 6. The fourth-order valence-corrected chi connectivity index (χ4v) is 3.42. The Morgan fingerprint density at radius 3 is 2.60 bits per heavy atom. The van der Waals surface area contributed by atoms with Crippen LogP contribution in [0.15, 0.2) is 36.7 Å². The highest BCUT2D eigenvalue weighted by molar-refractivity contribution is 5.62. The van der Waals surface area contributed by atoms with Crippen LogP contribution in [0.2, 0.25) is 0 Å². The number of cyclic esters (lactones) is 1. The first-order chi connectivity index (χ1) is 12.1. The Morgan fingerprint density at radius 1 is 1.20 bits per heavy atom. The Bertz CT molecular complexity index is 768. The third-order valence-electron chi connectivity index (χ3n) is 4.91. The normalized spacial score (nSPS) is 19.6. The number of rotatable bonds is 3. The van der Waals surface area contributed by atoms with Crippen molar-refractivity contribution in [2.45, 2.75) is 31.9 Å². The predicted octanol–water partition coefficient (Wildman–Crippen LogP) is 2.95. The zero-order valence-electron chi connectivity index (χ0n) is 14.3. The Balaban J connectivity index is 1.37. The van der Waals surface area contributed by atoms with Crippen LogP contribution in [0, 0.1) is 6.92 Å². The van der Waals surface area contributed by atoms with Crippen LogP contribution in [-0.4, -0.2) is 46.3 Å². The molecule has 3 heterocycles.